The van der Waals surface area contributed by atoms with Gasteiger partial charge in [-0.3, -0.25) is 0 Å². The Hall–Kier alpha value is -0.830. The maximum Gasteiger partial charge on any atom is 0.505 e. The van der Waals surface area contributed by atoms with Crippen molar-refractivity contribution in [2.24, 2.45) is 0 Å². The van der Waals surface area contributed by atoms with Gasteiger partial charge in [-0.15, -0.1) is 0 Å². The molecule has 0 aliphatic carbocycles. The van der Waals surface area contributed by atoms with Gasteiger partial charge < -0.3 is 0 Å². The van der Waals surface area contributed by atoms with E-state index in [9.17, 15) is 8.60 Å². The van der Waals surface area contributed by atoms with Crippen molar-refractivity contribution in [3.63, 3.8) is 0 Å². The minimum atomic E-state index is -0.312. The van der Waals surface area contributed by atoms with Crippen LogP contribution < -0.4 is 0 Å². The van der Waals surface area contributed by atoms with Crippen molar-refractivity contribution in [1.82, 2.24) is 0 Å². The van der Waals surface area contributed by atoms with Crippen LogP contribution in [0.1, 0.15) is 0 Å². The molecule has 0 fully saturated rings. The fourth-order valence-corrected chi connectivity index (χ4v) is 0.737. The molecular weight excluding hydrogens is 139 g/mol. The van der Waals surface area contributed by atoms with E-state index >= 15 is 0 Å². The Balaban J connectivity index is 3.01. The van der Waals surface area contributed by atoms with E-state index in [-0.39, 0.29) is 5.82 Å². The van der Waals surface area contributed by atoms with Gasteiger partial charge in [-0.25, -0.2) is 4.39 Å². The Morgan fingerprint density at radius 1 is 1.22 bits per heavy atom. The first-order chi connectivity index (χ1) is 4.33. The molecule has 0 amide bonds. The summed E-state index contributed by atoms with van der Waals surface area (Å²) >= 11 is 0.361. The molecule has 1 aromatic carbocycles. The van der Waals surface area contributed by atoms with E-state index in [1.807, 2.05) is 0 Å². The van der Waals surface area contributed by atoms with Crippen LogP contribution in [-0.2, 0) is 15.9 Å². The number of hydrogen-bond acceptors (Lipinski definition) is 1. The van der Waals surface area contributed by atoms with E-state index in [1.165, 1.54) is 24.3 Å². The summed E-state index contributed by atoms with van der Waals surface area (Å²) < 4.78 is 22.1. The van der Waals surface area contributed by atoms with E-state index in [1.54, 1.807) is 0 Å². The molecule has 0 unspecified atom stereocenters. The highest BCUT2D eigenvalue weighted by molar-refractivity contribution is 7.65. The molecule has 0 atom stereocenters. The molecule has 0 saturated carbocycles. The van der Waals surface area contributed by atoms with Crippen molar-refractivity contribution in [1.29, 1.82) is 0 Å². The maximum absolute atomic E-state index is 12.1. The van der Waals surface area contributed by atoms with Crippen molar-refractivity contribution in [3.05, 3.63) is 30.1 Å². The average Bonchev–Trinajstić information content (AvgIpc) is 1.90. The maximum atomic E-state index is 12.1. The van der Waals surface area contributed by atoms with E-state index in [0.29, 0.717) is 16.6 Å². The minimum absolute atomic E-state index is 0.312. The fraction of sp³-hybridized carbons (Fsp3) is 0. The Bertz CT molecular complexity index is 207. The highest BCUT2D eigenvalue weighted by atomic mass is 32.1. The molecule has 0 aliphatic heterocycles. The number of benzene rings is 1. The predicted molar refractivity (Wildman–Crippen MR) is 32.7 cm³/mol. The second-order valence-corrected chi connectivity index (χ2v) is 2.18. The highest BCUT2D eigenvalue weighted by Crippen LogP contribution is 2.00. The SMILES string of the molecule is O=[S+]c1ccc(F)cc1. The summed E-state index contributed by atoms with van der Waals surface area (Å²) in [5.74, 6) is -0.312. The molecule has 3 heteroatoms. The van der Waals surface area contributed by atoms with Crippen molar-refractivity contribution in [2.45, 2.75) is 4.90 Å². The lowest BCUT2D eigenvalue weighted by Gasteiger charge is -1.78. The summed E-state index contributed by atoms with van der Waals surface area (Å²) in [6, 6.07) is 5.43. The minimum Gasteiger partial charge on any atom is -0.207 e. The van der Waals surface area contributed by atoms with Crippen LogP contribution in [0.5, 0.6) is 0 Å². The predicted octanol–water partition coefficient (Wildman–Crippen LogP) is 1.61. The molecule has 0 aliphatic rings. The summed E-state index contributed by atoms with van der Waals surface area (Å²) in [7, 11) is 0. The normalized spacial score (nSPS) is 9.00. The molecule has 0 spiro atoms. The van der Waals surface area contributed by atoms with Gasteiger partial charge in [0.05, 0.1) is 0 Å². The molecule has 46 valence electrons. The van der Waals surface area contributed by atoms with Crippen LogP contribution in [0.2, 0.25) is 0 Å². The van der Waals surface area contributed by atoms with Crippen LogP contribution in [0, 0.1) is 5.82 Å². The van der Waals surface area contributed by atoms with E-state index < -0.39 is 0 Å². The zero-order valence-electron chi connectivity index (χ0n) is 4.50. The molecule has 0 aromatic heterocycles. The smallest absolute Gasteiger partial charge is 0.207 e. The molecule has 0 radical (unpaired) electrons. The Morgan fingerprint density at radius 2 is 1.78 bits per heavy atom. The third-order valence-electron chi connectivity index (χ3n) is 0.910. The summed E-state index contributed by atoms with van der Waals surface area (Å²) in [4.78, 5) is 0.538. The number of halogens is 1. The van der Waals surface area contributed by atoms with Crippen LogP contribution in [0.15, 0.2) is 29.2 Å². The Kier molecular flexibility index (Phi) is 1.85. The van der Waals surface area contributed by atoms with Crippen LogP contribution in [0.3, 0.4) is 0 Å². The third kappa shape index (κ3) is 1.54. The van der Waals surface area contributed by atoms with Gasteiger partial charge in [0.25, 0.3) is 4.90 Å². The topological polar surface area (TPSA) is 17.1 Å². The highest BCUT2D eigenvalue weighted by Gasteiger charge is 2.02. The van der Waals surface area contributed by atoms with Crippen LogP contribution in [0.25, 0.3) is 0 Å². The zero-order chi connectivity index (χ0) is 6.69. The first-order valence-electron chi connectivity index (χ1n) is 2.38. The molecule has 0 heterocycles. The monoisotopic (exact) mass is 143 g/mol. The van der Waals surface area contributed by atoms with Gasteiger partial charge in [-0.05, 0) is 12.1 Å². The van der Waals surface area contributed by atoms with Gasteiger partial charge >= 0.3 is 11.7 Å². The largest absolute Gasteiger partial charge is 0.505 e. The summed E-state index contributed by atoms with van der Waals surface area (Å²) in [6.45, 7) is 0. The standard InChI is InChI=1S/C6H4FOS/c7-5-1-3-6(9-8)4-2-5/h1-4H/q+1. The van der Waals surface area contributed by atoms with E-state index in [2.05, 4.69) is 0 Å². The number of rotatable bonds is 1. The van der Waals surface area contributed by atoms with Crippen molar-refractivity contribution < 1.29 is 8.60 Å². The molecule has 9 heavy (non-hydrogen) atoms. The fourth-order valence-electron chi connectivity index (χ4n) is 0.490. The summed E-state index contributed by atoms with van der Waals surface area (Å²) in [5, 5.41) is 0. The van der Waals surface area contributed by atoms with Crippen molar-refractivity contribution in [2.75, 3.05) is 0 Å². The second-order valence-electron chi connectivity index (χ2n) is 1.54. The molecular formula is C6H4FOS+. The first kappa shape index (κ1) is 6.29. The molecule has 0 saturated heterocycles. The summed E-state index contributed by atoms with van der Waals surface area (Å²) in [5.41, 5.74) is 0. The molecule has 0 bridgehead atoms. The third-order valence-corrected chi connectivity index (χ3v) is 1.37. The van der Waals surface area contributed by atoms with Gasteiger partial charge in [0.1, 0.15) is 5.82 Å². The van der Waals surface area contributed by atoms with Gasteiger partial charge in [0, 0.05) is 16.3 Å². The molecule has 1 rings (SSSR count). The van der Waals surface area contributed by atoms with E-state index in [0.717, 1.165) is 0 Å². The van der Waals surface area contributed by atoms with Gasteiger partial charge in [-0.1, -0.05) is 0 Å². The molecule has 1 nitrogen and oxygen atoms in total. The van der Waals surface area contributed by atoms with E-state index in [4.69, 9.17) is 0 Å². The summed E-state index contributed by atoms with van der Waals surface area (Å²) in [6.07, 6.45) is 0. The Morgan fingerprint density at radius 3 is 2.22 bits per heavy atom. The average molecular weight is 143 g/mol. The van der Waals surface area contributed by atoms with Crippen LogP contribution in [0.4, 0.5) is 4.39 Å². The quantitative estimate of drug-likeness (QED) is 0.546. The first-order valence-corrected chi connectivity index (χ1v) is 3.12. The van der Waals surface area contributed by atoms with Crippen LogP contribution in [-0.4, -0.2) is 0 Å². The lowest BCUT2D eigenvalue weighted by Crippen LogP contribution is -1.73. The van der Waals surface area contributed by atoms with Crippen molar-refractivity contribution in [3.8, 4) is 0 Å². The second kappa shape index (κ2) is 2.64. The zero-order valence-corrected chi connectivity index (χ0v) is 5.32. The van der Waals surface area contributed by atoms with Gasteiger partial charge in [0.15, 0.2) is 0 Å². The lowest BCUT2D eigenvalue weighted by atomic mass is 10.4. The molecule has 0 N–H and O–H groups in total. The Labute approximate surface area is 56.0 Å². The lowest BCUT2D eigenvalue weighted by molar-refractivity contribution is 0.604. The van der Waals surface area contributed by atoms with Crippen LogP contribution >= 0.6 is 0 Å². The van der Waals surface area contributed by atoms with Gasteiger partial charge in [-0.2, -0.15) is 0 Å². The van der Waals surface area contributed by atoms with Crippen molar-refractivity contribution >= 4 is 11.7 Å². The van der Waals surface area contributed by atoms with Gasteiger partial charge in [0.2, 0.25) is 0 Å². The molecule has 1 aromatic rings. The number of hydrogen-bond donors (Lipinski definition) is 0.